The molecule has 0 amide bonds. The van der Waals surface area contributed by atoms with E-state index in [1.54, 1.807) is 19.2 Å². The van der Waals surface area contributed by atoms with Crippen LogP contribution in [0.2, 0.25) is 10.0 Å². The SMILES string of the molecule is COc1cccc(CNCc2ccc3c(c2)OCO3)c1OCc1ccc(Cl)cc1Cl. The lowest BCUT2D eigenvalue weighted by Crippen LogP contribution is -2.14. The van der Waals surface area contributed by atoms with Gasteiger partial charge in [-0.05, 0) is 35.9 Å². The highest BCUT2D eigenvalue weighted by molar-refractivity contribution is 6.35. The molecule has 7 heteroatoms. The average Bonchev–Trinajstić information content (AvgIpc) is 3.21. The van der Waals surface area contributed by atoms with E-state index in [0.717, 1.165) is 28.2 Å². The highest BCUT2D eigenvalue weighted by atomic mass is 35.5. The smallest absolute Gasteiger partial charge is 0.231 e. The first-order chi connectivity index (χ1) is 14.6. The molecule has 1 aliphatic rings. The van der Waals surface area contributed by atoms with E-state index >= 15 is 0 Å². The molecule has 1 N–H and O–H groups in total. The standard InChI is InChI=1S/C23H21Cl2NO4/c1-27-21-4-2-3-16(23(21)28-13-17-6-7-18(24)10-19(17)25)12-26-11-15-5-8-20-22(9-15)30-14-29-20/h2-10,26H,11-14H2,1H3. The minimum atomic E-state index is 0.272. The third-order valence-corrected chi connectivity index (χ3v) is 5.34. The quantitative estimate of drug-likeness (QED) is 0.488. The van der Waals surface area contributed by atoms with Crippen LogP contribution in [-0.4, -0.2) is 13.9 Å². The van der Waals surface area contributed by atoms with E-state index in [2.05, 4.69) is 5.32 Å². The first-order valence-electron chi connectivity index (χ1n) is 9.46. The van der Waals surface area contributed by atoms with Crippen LogP contribution in [0.4, 0.5) is 0 Å². The lowest BCUT2D eigenvalue weighted by molar-refractivity contribution is 0.174. The fourth-order valence-corrected chi connectivity index (χ4v) is 3.67. The molecule has 156 valence electrons. The Labute approximate surface area is 185 Å². The van der Waals surface area contributed by atoms with Crippen LogP contribution in [0, 0.1) is 0 Å². The van der Waals surface area contributed by atoms with Crippen molar-refractivity contribution in [2.45, 2.75) is 19.7 Å². The predicted molar refractivity (Wildman–Crippen MR) is 117 cm³/mol. The number of para-hydroxylation sites is 1. The minimum absolute atomic E-state index is 0.272. The van der Waals surface area contributed by atoms with Gasteiger partial charge in [-0.2, -0.15) is 0 Å². The van der Waals surface area contributed by atoms with Crippen molar-refractivity contribution in [1.82, 2.24) is 5.32 Å². The summed E-state index contributed by atoms with van der Waals surface area (Å²) in [6, 6.07) is 17.1. The van der Waals surface area contributed by atoms with E-state index in [1.807, 2.05) is 42.5 Å². The molecule has 0 aromatic heterocycles. The van der Waals surface area contributed by atoms with Crippen molar-refractivity contribution in [3.8, 4) is 23.0 Å². The van der Waals surface area contributed by atoms with Gasteiger partial charge in [0.15, 0.2) is 23.0 Å². The Morgan fingerprint density at radius 1 is 0.933 bits per heavy atom. The maximum Gasteiger partial charge on any atom is 0.231 e. The summed E-state index contributed by atoms with van der Waals surface area (Å²) in [6.07, 6.45) is 0. The molecule has 0 atom stereocenters. The molecule has 0 fully saturated rings. The summed E-state index contributed by atoms with van der Waals surface area (Å²) in [7, 11) is 1.63. The Bertz CT molecular complexity index is 1040. The number of benzene rings is 3. The van der Waals surface area contributed by atoms with E-state index in [9.17, 15) is 0 Å². The molecule has 3 aromatic carbocycles. The molecule has 1 heterocycles. The molecule has 0 radical (unpaired) electrons. The fraction of sp³-hybridized carbons (Fsp3) is 0.217. The molecular weight excluding hydrogens is 425 g/mol. The molecule has 1 aliphatic heterocycles. The van der Waals surface area contributed by atoms with Gasteiger partial charge in [0.2, 0.25) is 6.79 Å². The maximum absolute atomic E-state index is 6.27. The third kappa shape index (κ3) is 4.75. The first-order valence-corrected chi connectivity index (χ1v) is 10.2. The number of methoxy groups -OCH3 is 1. The van der Waals surface area contributed by atoms with Crippen molar-refractivity contribution >= 4 is 23.2 Å². The molecule has 0 bridgehead atoms. The van der Waals surface area contributed by atoms with Crippen molar-refractivity contribution in [2.24, 2.45) is 0 Å². The molecule has 3 aromatic rings. The molecule has 0 unspecified atom stereocenters. The van der Waals surface area contributed by atoms with E-state index in [-0.39, 0.29) is 6.79 Å². The van der Waals surface area contributed by atoms with Gasteiger partial charge in [-0.25, -0.2) is 0 Å². The summed E-state index contributed by atoms with van der Waals surface area (Å²) in [6.45, 7) is 1.87. The number of rotatable bonds is 8. The number of hydrogen-bond donors (Lipinski definition) is 1. The summed E-state index contributed by atoms with van der Waals surface area (Å²) >= 11 is 12.3. The van der Waals surface area contributed by atoms with Crippen molar-refractivity contribution in [3.05, 3.63) is 81.3 Å². The lowest BCUT2D eigenvalue weighted by atomic mass is 10.1. The van der Waals surface area contributed by atoms with Gasteiger partial charge in [0, 0.05) is 34.3 Å². The Morgan fingerprint density at radius 2 is 1.80 bits per heavy atom. The number of halogens is 2. The van der Waals surface area contributed by atoms with Crippen molar-refractivity contribution in [3.63, 3.8) is 0 Å². The summed E-state index contributed by atoms with van der Waals surface area (Å²) in [5, 5.41) is 4.60. The highest BCUT2D eigenvalue weighted by Gasteiger charge is 2.14. The van der Waals surface area contributed by atoms with Crippen LogP contribution in [0.3, 0.4) is 0 Å². The first kappa shape index (κ1) is 20.7. The highest BCUT2D eigenvalue weighted by Crippen LogP contribution is 2.34. The number of ether oxygens (including phenoxy) is 4. The maximum atomic E-state index is 6.27. The van der Waals surface area contributed by atoms with Crippen LogP contribution in [0.5, 0.6) is 23.0 Å². The summed E-state index contributed by atoms with van der Waals surface area (Å²) < 4.78 is 22.4. The van der Waals surface area contributed by atoms with Gasteiger partial charge in [-0.15, -0.1) is 0 Å². The second-order valence-corrected chi connectivity index (χ2v) is 7.61. The van der Waals surface area contributed by atoms with E-state index < -0.39 is 0 Å². The molecule has 0 saturated heterocycles. The predicted octanol–water partition coefficient (Wildman–Crippen LogP) is 5.60. The van der Waals surface area contributed by atoms with E-state index in [1.165, 1.54) is 0 Å². The van der Waals surface area contributed by atoms with Crippen LogP contribution in [0.25, 0.3) is 0 Å². The number of nitrogens with one attached hydrogen (secondary N) is 1. The van der Waals surface area contributed by atoms with Gasteiger partial charge in [-0.1, -0.05) is 47.5 Å². The van der Waals surface area contributed by atoms with Crippen LogP contribution in [0.1, 0.15) is 16.7 Å². The zero-order chi connectivity index (χ0) is 20.9. The monoisotopic (exact) mass is 445 g/mol. The average molecular weight is 446 g/mol. The van der Waals surface area contributed by atoms with Gasteiger partial charge < -0.3 is 24.3 Å². The largest absolute Gasteiger partial charge is 0.493 e. The zero-order valence-corrected chi connectivity index (χ0v) is 17.9. The normalized spacial score (nSPS) is 12.1. The summed E-state index contributed by atoms with van der Waals surface area (Å²) in [5.41, 5.74) is 2.95. The second-order valence-electron chi connectivity index (χ2n) is 6.76. The van der Waals surface area contributed by atoms with E-state index in [4.69, 9.17) is 42.1 Å². The van der Waals surface area contributed by atoms with Crippen LogP contribution >= 0.6 is 23.2 Å². The molecule has 5 nitrogen and oxygen atoms in total. The molecular formula is C23H21Cl2NO4. The molecule has 4 rings (SSSR count). The molecule has 0 saturated carbocycles. The summed E-state index contributed by atoms with van der Waals surface area (Å²) in [5.74, 6) is 2.91. The fourth-order valence-electron chi connectivity index (χ4n) is 3.21. The summed E-state index contributed by atoms with van der Waals surface area (Å²) in [4.78, 5) is 0. The van der Waals surface area contributed by atoms with Gasteiger partial charge >= 0.3 is 0 Å². The Hall–Kier alpha value is -2.60. The second kappa shape index (κ2) is 9.47. The van der Waals surface area contributed by atoms with Crippen LogP contribution < -0.4 is 24.3 Å². The van der Waals surface area contributed by atoms with Gasteiger partial charge in [0.25, 0.3) is 0 Å². The number of fused-ring (bicyclic) bond motifs is 1. The molecule has 0 spiro atoms. The van der Waals surface area contributed by atoms with Crippen LogP contribution in [-0.2, 0) is 19.7 Å². The Kier molecular flexibility index (Phi) is 6.53. The molecule has 0 aliphatic carbocycles. The third-order valence-electron chi connectivity index (χ3n) is 4.75. The zero-order valence-electron chi connectivity index (χ0n) is 16.4. The topological polar surface area (TPSA) is 49.0 Å². The van der Waals surface area contributed by atoms with Crippen molar-refractivity contribution in [1.29, 1.82) is 0 Å². The van der Waals surface area contributed by atoms with Crippen molar-refractivity contribution in [2.75, 3.05) is 13.9 Å². The van der Waals surface area contributed by atoms with Crippen molar-refractivity contribution < 1.29 is 18.9 Å². The Morgan fingerprint density at radius 3 is 2.63 bits per heavy atom. The minimum Gasteiger partial charge on any atom is -0.493 e. The lowest BCUT2D eigenvalue weighted by Gasteiger charge is -2.16. The van der Waals surface area contributed by atoms with Gasteiger partial charge in [-0.3, -0.25) is 0 Å². The van der Waals surface area contributed by atoms with Crippen LogP contribution in [0.15, 0.2) is 54.6 Å². The van der Waals surface area contributed by atoms with Gasteiger partial charge in [0.1, 0.15) is 6.61 Å². The number of hydrogen-bond acceptors (Lipinski definition) is 5. The Balaban J connectivity index is 1.43. The molecule has 30 heavy (non-hydrogen) atoms. The van der Waals surface area contributed by atoms with E-state index in [0.29, 0.717) is 41.2 Å². The van der Waals surface area contributed by atoms with Gasteiger partial charge in [0.05, 0.1) is 7.11 Å².